The van der Waals surface area contributed by atoms with Crippen LogP contribution >= 0.6 is 22.9 Å². The monoisotopic (exact) mass is 298 g/mol. The molecule has 0 saturated heterocycles. The number of Topliss-reactive ketones (excluding diaryl/α,β-unsaturated/α-hetero) is 1. The maximum atomic E-state index is 13.5. The smallest absolute Gasteiger partial charge is 0.186 e. The number of hydrogen-bond acceptors (Lipinski definition) is 4. The number of nitrogens with two attached hydrogens (primary N) is 1. The molecule has 1 atom stereocenters. The zero-order chi connectivity index (χ0) is 14.0. The molecule has 0 bridgehead atoms. The molecular formula is C13H12ClFN2OS. The van der Waals surface area contributed by atoms with Crippen molar-refractivity contribution in [2.75, 3.05) is 0 Å². The summed E-state index contributed by atoms with van der Waals surface area (Å²) in [6, 6.07) is 3.93. The number of carbonyl (C=O) groups is 1. The fourth-order valence-electron chi connectivity index (χ4n) is 1.57. The lowest BCUT2D eigenvalue weighted by Gasteiger charge is -2.02. The number of hydrogen-bond donors (Lipinski definition) is 1. The normalized spacial score (nSPS) is 12.4. The molecule has 0 saturated carbocycles. The van der Waals surface area contributed by atoms with Gasteiger partial charge in [0.25, 0.3) is 0 Å². The third-order valence-electron chi connectivity index (χ3n) is 2.56. The molecule has 0 radical (unpaired) electrons. The van der Waals surface area contributed by atoms with Gasteiger partial charge in [-0.15, -0.1) is 11.3 Å². The van der Waals surface area contributed by atoms with E-state index in [2.05, 4.69) is 4.98 Å². The summed E-state index contributed by atoms with van der Waals surface area (Å²) in [5, 5.41) is 2.73. The number of rotatable bonds is 4. The summed E-state index contributed by atoms with van der Waals surface area (Å²) in [6.45, 7) is 1.80. The molecule has 1 heterocycles. The molecule has 1 aromatic heterocycles. The van der Waals surface area contributed by atoms with Gasteiger partial charge in [0.2, 0.25) is 0 Å². The lowest BCUT2D eigenvalue weighted by atomic mass is 10.1. The average molecular weight is 299 g/mol. The van der Waals surface area contributed by atoms with Gasteiger partial charge in [0.05, 0.1) is 6.04 Å². The van der Waals surface area contributed by atoms with E-state index in [0.29, 0.717) is 15.7 Å². The molecule has 0 fully saturated rings. The minimum Gasteiger partial charge on any atom is -0.322 e. The van der Waals surface area contributed by atoms with Crippen molar-refractivity contribution < 1.29 is 9.18 Å². The Bertz CT molecular complexity index is 612. The Morgan fingerprint density at radius 1 is 1.58 bits per heavy atom. The van der Waals surface area contributed by atoms with Crippen LogP contribution in [0, 0.1) is 5.82 Å². The summed E-state index contributed by atoms with van der Waals surface area (Å²) < 4.78 is 13.5. The van der Waals surface area contributed by atoms with E-state index in [1.165, 1.54) is 29.5 Å². The zero-order valence-corrected chi connectivity index (χ0v) is 11.8. The number of carbonyl (C=O) groups excluding carboxylic acids is 1. The number of nitrogens with zero attached hydrogens (tertiary/aromatic N) is 1. The highest BCUT2D eigenvalue weighted by molar-refractivity contribution is 7.09. The van der Waals surface area contributed by atoms with E-state index in [0.717, 1.165) is 0 Å². The number of ketones is 1. The number of benzene rings is 1. The molecule has 19 heavy (non-hydrogen) atoms. The molecule has 1 unspecified atom stereocenters. The molecule has 0 aliphatic rings. The Morgan fingerprint density at radius 3 is 2.95 bits per heavy atom. The van der Waals surface area contributed by atoms with Crippen LogP contribution in [0.15, 0.2) is 23.6 Å². The minimum absolute atomic E-state index is 0.0610. The average Bonchev–Trinajstić information content (AvgIpc) is 2.83. The molecular weight excluding hydrogens is 287 g/mol. The Hall–Kier alpha value is -1.30. The van der Waals surface area contributed by atoms with Crippen LogP contribution in [0.1, 0.15) is 34.0 Å². The van der Waals surface area contributed by atoms with E-state index in [4.69, 9.17) is 17.3 Å². The second-order valence-electron chi connectivity index (χ2n) is 4.20. The van der Waals surface area contributed by atoms with Crippen LogP contribution in [0.3, 0.4) is 0 Å². The van der Waals surface area contributed by atoms with Crippen LogP contribution in [0.4, 0.5) is 4.39 Å². The minimum atomic E-state index is -0.444. The molecule has 2 rings (SSSR count). The van der Waals surface area contributed by atoms with Crippen LogP contribution in [0.25, 0.3) is 0 Å². The first kappa shape index (κ1) is 14.1. The van der Waals surface area contributed by atoms with Crippen molar-refractivity contribution in [1.82, 2.24) is 4.98 Å². The van der Waals surface area contributed by atoms with E-state index in [1.54, 1.807) is 12.3 Å². The van der Waals surface area contributed by atoms with Crippen molar-refractivity contribution >= 4 is 28.7 Å². The summed E-state index contributed by atoms with van der Waals surface area (Å²) in [5.74, 6) is -0.690. The summed E-state index contributed by atoms with van der Waals surface area (Å²) in [5.41, 5.74) is 6.27. The van der Waals surface area contributed by atoms with Gasteiger partial charge in [0.1, 0.15) is 16.5 Å². The number of thiazole rings is 1. The van der Waals surface area contributed by atoms with Gasteiger partial charge in [-0.05, 0) is 30.7 Å². The van der Waals surface area contributed by atoms with E-state index < -0.39 is 5.82 Å². The Kier molecular flexibility index (Phi) is 4.29. The second-order valence-corrected chi connectivity index (χ2v) is 5.52. The predicted molar refractivity (Wildman–Crippen MR) is 74.2 cm³/mol. The number of aromatic nitrogens is 1. The van der Waals surface area contributed by atoms with Crippen LogP contribution in [-0.2, 0) is 6.42 Å². The topological polar surface area (TPSA) is 56.0 Å². The van der Waals surface area contributed by atoms with Crippen molar-refractivity contribution in [2.24, 2.45) is 5.73 Å². The van der Waals surface area contributed by atoms with Gasteiger partial charge in [-0.1, -0.05) is 11.6 Å². The van der Waals surface area contributed by atoms with Gasteiger partial charge in [-0.3, -0.25) is 4.79 Å². The van der Waals surface area contributed by atoms with Crippen LogP contribution < -0.4 is 5.73 Å². The maximum absolute atomic E-state index is 13.5. The summed E-state index contributed by atoms with van der Waals surface area (Å²) in [6.07, 6.45) is -0.0610. The van der Waals surface area contributed by atoms with Gasteiger partial charge in [-0.2, -0.15) is 0 Å². The first-order valence-corrected chi connectivity index (χ1v) is 6.91. The van der Waals surface area contributed by atoms with Gasteiger partial charge in [0.15, 0.2) is 5.78 Å². The Balaban J connectivity index is 2.18. The van der Waals surface area contributed by atoms with E-state index in [-0.39, 0.29) is 23.8 Å². The van der Waals surface area contributed by atoms with Crippen LogP contribution in [0.5, 0.6) is 0 Å². The maximum Gasteiger partial charge on any atom is 0.186 e. The molecule has 3 nitrogen and oxygen atoms in total. The van der Waals surface area contributed by atoms with Crippen molar-refractivity contribution in [2.45, 2.75) is 19.4 Å². The molecule has 0 spiro atoms. The first-order valence-electron chi connectivity index (χ1n) is 5.65. The summed E-state index contributed by atoms with van der Waals surface area (Å²) >= 11 is 7.11. The highest BCUT2D eigenvalue weighted by Gasteiger charge is 2.15. The van der Waals surface area contributed by atoms with E-state index in [1.807, 2.05) is 0 Å². The van der Waals surface area contributed by atoms with Gasteiger partial charge < -0.3 is 5.73 Å². The van der Waals surface area contributed by atoms with E-state index in [9.17, 15) is 9.18 Å². The number of halogens is 2. The first-order chi connectivity index (χ1) is 8.97. The Labute approximate surface area is 119 Å². The molecule has 0 aliphatic heterocycles. The third-order valence-corrected chi connectivity index (χ3v) is 3.84. The fraction of sp³-hybridized carbons (Fsp3) is 0.231. The highest BCUT2D eigenvalue weighted by atomic mass is 35.5. The van der Waals surface area contributed by atoms with Gasteiger partial charge >= 0.3 is 0 Å². The fourth-order valence-corrected chi connectivity index (χ4v) is 2.54. The van der Waals surface area contributed by atoms with Gasteiger partial charge in [-0.25, -0.2) is 9.37 Å². The van der Waals surface area contributed by atoms with Crippen molar-refractivity contribution in [3.8, 4) is 0 Å². The van der Waals surface area contributed by atoms with Crippen LogP contribution in [-0.4, -0.2) is 10.8 Å². The molecule has 0 aliphatic carbocycles. The van der Waals surface area contributed by atoms with E-state index >= 15 is 0 Å². The molecule has 1 aromatic carbocycles. The zero-order valence-electron chi connectivity index (χ0n) is 10.2. The standard InChI is InChI=1S/C13H12ClFN2OS/c1-7(16)13-17-11(6-19-13)12(18)5-8-4-9(14)2-3-10(8)15/h2-4,6-7H,5,16H2,1H3. The predicted octanol–water partition coefficient (Wildman–Crippen LogP) is 3.38. The van der Waals surface area contributed by atoms with Crippen molar-refractivity contribution in [3.63, 3.8) is 0 Å². The lowest BCUT2D eigenvalue weighted by molar-refractivity contribution is 0.0987. The highest BCUT2D eigenvalue weighted by Crippen LogP contribution is 2.19. The molecule has 0 amide bonds. The summed E-state index contributed by atoms with van der Waals surface area (Å²) in [7, 11) is 0. The molecule has 2 N–H and O–H groups in total. The SMILES string of the molecule is CC(N)c1nc(C(=O)Cc2cc(Cl)ccc2F)cs1. The van der Waals surface area contributed by atoms with Gasteiger partial charge in [0, 0.05) is 16.8 Å². The Morgan fingerprint density at radius 2 is 2.32 bits per heavy atom. The summed E-state index contributed by atoms with van der Waals surface area (Å²) in [4.78, 5) is 16.2. The van der Waals surface area contributed by atoms with Crippen LogP contribution in [0.2, 0.25) is 5.02 Å². The molecule has 2 aromatic rings. The quantitative estimate of drug-likeness (QED) is 0.880. The third kappa shape index (κ3) is 3.37. The largest absolute Gasteiger partial charge is 0.322 e. The molecule has 100 valence electrons. The van der Waals surface area contributed by atoms with Crippen molar-refractivity contribution in [3.05, 3.63) is 50.7 Å². The lowest BCUT2D eigenvalue weighted by Crippen LogP contribution is -2.08. The molecule has 6 heteroatoms. The van der Waals surface area contributed by atoms with Crippen molar-refractivity contribution in [1.29, 1.82) is 0 Å². The second kappa shape index (κ2) is 5.77.